The minimum Gasteiger partial charge on any atom is -0.393 e. The summed E-state index contributed by atoms with van der Waals surface area (Å²) in [6, 6.07) is 0.731. The van der Waals surface area contributed by atoms with Gasteiger partial charge in [-0.05, 0) is 19.4 Å². The molecule has 1 amide bonds. The molecule has 1 saturated carbocycles. The maximum atomic E-state index is 11.8. The molecule has 5 heteroatoms. The minimum atomic E-state index is 0.181. The van der Waals surface area contributed by atoms with E-state index in [9.17, 15) is 4.79 Å². The lowest BCUT2D eigenvalue weighted by molar-refractivity contribution is -0.130. The topological polar surface area (TPSA) is 49.6 Å². The van der Waals surface area contributed by atoms with Gasteiger partial charge in [0.05, 0.1) is 4.99 Å². The van der Waals surface area contributed by atoms with Crippen molar-refractivity contribution in [1.29, 1.82) is 0 Å². The summed E-state index contributed by atoms with van der Waals surface area (Å²) < 4.78 is 0. The van der Waals surface area contributed by atoms with Gasteiger partial charge in [-0.1, -0.05) is 19.1 Å². The van der Waals surface area contributed by atoms with Crippen molar-refractivity contribution in [3.63, 3.8) is 0 Å². The summed E-state index contributed by atoms with van der Waals surface area (Å²) in [7, 11) is 1.81. The van der Waals surface area contributed by atoms with Crippen molar-refractivity contribution in [1.82, 2.24) is 9.80 Å². The van der Waals surface area contributed by atoms with E-state index in [1.807, 2.05) is 7.05 Å². The lowest BCUT2D eigenvalue weighted by atomic mass is 10.3. The first kappa shape index (κ1) is 14.4. The highest BCUT2D eigenvalue weighted by atomic mass is 32.1. The van der Waals surface area contributed by atoms with Crippen LogP contribution in [0.25, 0.3) is 0 Å². The normalized spacial score (nSPS) is 15.0. The van der Waals surface area contributed by atoms with Crippen LogP contribution in [0, 0.1) is 0 Å². The van der Waals surface area contributed by atoms with Gasteiger partial charge in [0.2, 0.25) is 5.91 Å². The van der Waals surface area contributed by atoms with E-state index in [1.165, 1.54) is 12.8 Å². The average molecular weight is 257 g/mol. The summed E-state index contributed by atoms with van der Waals surface area (Å²) in [4.78, 5) is 16.4. The zero-order valence-electron chi connectivity index (χ0n) is 10.8. The smallest absolute Gasteiger partial charge is 0.223 e. The highest BCUT2D eigenvalue weighted by Gasteiger charge is 2.27. The van der Waals surface area contributed by atoms with Gasteiger partial charge in [0, 0.05) is 39.0 Å². The Morgan fingerprint density at radius 2 is 2.00 bits per heavy atom. The lowest BCUT2D eigenvalue weighted by Crippen LogP contribution is -2.34. The second-order valence-corrected chi connectivity index (χ2v) is 5.17. The van der Waals surface area contributed by atoms with Gasteiger partial charge >= 0.3 is 0 Å². The summed E-state index contributed by atoms with van der Waals surface area (Å²) in [5.41, 5.74) is 5.42. The quantitative estimate of drug-likeness (QED) is 0.659. The molecule has 98 valence electrons. The molecule has 4 nitrogen and oxygen atoms in total. The number of hydrogen-bond donors (Lipinski definition) is 1. The minimum absolute atomic E-state index is 0.181. The Balaban J connectivity index is 2.20. The van der Waals surface area contributed by atoms with Crippen LogP contribution in [0.3, 0.4) is 0 Å². The molecule has 0 aliphatic heterocycles. The van der Waals surface area contributed by atoms with Crippen LogP contribution in [-0.2, 0) is 4.79 Å². The van der Waals surface area contributed by atoms with E-state index in [1.54, 1.807) is 4.90 Å². The number of carbonyl (C=O) groups excluding carboxylic acids is 1. The second-order valence-electron chi connectivity index (χ2n) is 4.64. The zero-order chi connectivity index (χ0) is 12.8. The van der Waals surface area contributed by atoms with E-state index < -0.39 is 0 Å². The van der Waals surface area contributed by atoms with Crippen LogP contribution in [-0.4, -0.2) is 53.4 Å². The van der Waals surface area contributed by atoms with Crippen molar-refractivity contribution in [2.24, 2.45) is 5.73 Å². The molecule has 0 saturated heterocycles. The first-order chi connectivity index (χ1) is 8.04. The van der Waals surface area contributed by atoms with Crippen molar-refractivity contribution < 1.29 is 4.79 Å². The molecule has 0 unspecified atom stereocenters. The number of nitrogens with two attached hydrogens (primary N) is 1. The Morgan fingerprint density at radius 3 is 2.47 bits per heavy atom. The SMILES string of the molecule is CCN(CCC(=O)N(C)CCC(N)=S)C1CC1. The molecule has 2 N–H and O–H groups in total. The highest BCUT2D eigenvalue weighted by molar-refractivity contribution is 7.80. The van der Waals surface area contributed by atoms with Gasteiger partial charge in [-0.2, -0.15) is 0 Å². The Hall–Kier alpha value is -0.680. The van der Waals surface area contributed by atoms with Crippen LogP contribution < -0.4 is 5.73 Å². The third-order valence-corrected chi connectivity index (χ3v) is 3.41. The number of rotatable bonds is 8. The van der Waals surface area contributed by atoms with Crippen molar-refractivity contribution >= 4 is 23.1 Å². The second kappa shape index (κ2) is 6.91. The maximum absolute atomic E-state index is 11.8. The van der Waals surface area contributed by atoms with Crippen molar-refractivity contribution in [3.8, 4) is 0 Å². The van der Waals surface area contributed by atoms with Crippen molar-refractivity contribution in [3.05, 3.63) is 0 Å². The molecule has 17 heavy (non-hydrogen) atoms. The summed E-state index contributed by atoms with van der Waals surface area (Å²) in [5.74, 6) is 0.181. The summed E-state index contributed by atoms with van der Waals surface area (Å²) in [6.45, 7) is 4.69. The molecule has 1 aliphatic carbocycles. The van der Waals surface area contributed by atoms with E-state index in [2.05, 4.69) is 11.8 Å². The molecule has 1 aliphatic rings. The average Bonchev–Trinajstić information content (AvgIpc) is 3.10. The summed E-state index contributed by atoms with van der Waals surface area (Å²) in [6.07, 6.45) is 3.79. The predicted molar refractivity (Wildman–Crippen MR) is 73.9 cm³/mol. The Kier molecular flexibility index (Phi) is 5.85. The number of hydrogen-bond acceptors (Lipinski definition) is 3. The zero-order valence-corrected chi connectivity index (χ0v) is 11.6. The Morgan fingerprint density at radius 1 is 1.35 bits per heavy atom. The fourth-order valence-corrected chi connectivity index (χ4v) is 1.96. The monoisotopic (exact) mass is 257 g/mol. The van der Waals surface area contributed by atoms with Gasteiger partial charge < -0.3 is 15.5 Å². The molecule has 0 heterocycles. The summed E-state index contributed by atoms with van der Waals surface area (Å²) >= 11 is 4.80. The van der Waals surface area contributed by atoms with Gasteiger partial charge in [-0.25, -0.2) is 0 Å². The van der Waals surface area contributed by atoms with E-state index in [0.29, 0.717) is 24.4 Å². The van der Waals surface area contributed by atoms with Crippen molar-refractivity contribution in [2.75, 3.05) is 26.7 Å². The lowest BCUT2D eigenvalue weighted by Gasteiger charge is -2.22. The van der Waals surface area contributed by atoms with E-state index >= 15 is 0 Å². The molecular formula is C12H23N3OS. The van der Waals surface area contributed by atoms with Crippen LogP contribution in [0.4, 0.5) is 0 Å². The largest absolute Gasteiger partial charge is 0.393 e. The molecule has 1 rings (SSSR count). The fraction of sp³-hybridized carbons (Fsp3) is 0.833. The predicted octanol–water partition coefficient (Wildman–Crippen LogP) is 0.995. The van der Waals surface area contributed by atoms with E-state index in [4.69, 9.17) is 18.0 Å². The van der Waals surface area contributed by atoms with Crippen LogP contribution in [0.5, 0.6) is 0 Å². The molecule has 0 aromatic carbocycles. The van der Waals surface area contributed by atoms with E-state index in [0.717, 1.165) is 19.1 Å². The maximum Gasteiger partial charge on any atom is 0.223 e. The standard InChI is InChI=1S/C12H23N3OS/c1-3-15(10-4-5-10)9-7-12(16)14(2)8-6-11(13)17/h10H,3-9H2,1-2H3,(H2,13,17). The first-order valence-corrected chi connectivity index (χ1v) is 6.71. The fourth-order valence-electron chi connectivity index (χ4n) is 1.87. The van der Waals surface area contributed by atoms with Crippen LogP contribution in [0.15, 0.2) is 0 Å². The molecular weight excluding hydrogens is 234 g/mol. The van der Waals surface area contributed by atoms with Gasteiger partial charge in [-0.15, -0.1) is 0 Å². The molecule has 0 aromatic heterocycles. The van der Waals surface area contributed by atoms with Crippen LogP contribution in [0.1, 0.15) is 32.6 Å². The number of thiocarbonyl (C=S) groups is 1. The highest BCUT2D eigenvalue weighted by Crippen LogP contribution is 2.26. The number of nitrogens with zero attached hydrogens (tertiary/aromatic N) is 2. The molecule has 0 atom stereocenters. The van der Waals surface area contributed by atoms with E-state index in [-0.39, 0.29) is 5.91 Å². The number of amides is 1. The Labute approximate surface area is 109 Å². The van der Waals surface area contributed by atoms with Gasteiger partial charge in [0.15, 0.2) is 0 Å². The Bertz CT molecular complexity index is 279. The molecule has 0 bridgehead atoms. The molecule has 0 aromatic rings. The first-order valence-electron chi connectivity index (χ1n) is 6.31. The molecule has 0 spiro atoms. The van der Waals surface area contributed by atoms with Gasteiger partial charge in [-0.3, -0.25) is 4.79 Å². The third-order valence-electron chi connectivity index (χ3n) is 3.20. The van der Waals surface area contributed by atoms with Gasteiger partial charge in [0.25, 0.3) is 0 Å². The molecule has 0 radical (unpaired) electrons. The van der Waals surface area contributed by atoms with Crippen molar-refractivity contribution in [2.45, 2.75) is 38.6 Å². The molecule has 1 fully saturated rings. The number of carbonyl (C=O) groups is 1. The van der Waals surface area contributed by atoms with Crippen LogP contribution >= 0.6 is 12.2 Å². The van der Waals surface area contributed by atoms with Gasteiger partial charge in [0.1, 0.15) is 0 Å². The third kappa shape index (κ3) is 5.46. The summed E-state index contributed by atoms with van der Waals surface area (Å²) in [5, 5.41) is 0. The van der Waals surface area contributed by atoms with Crippen LogP contribution in [0.2, 0.25) is 0 Å².